The number of anilines is 1. The molecule has 0 aliphatic carbocycles. The number of piperidine rings is 1. The van der Waals surface area contributed by atoms with Crippen LogP contribution in [-0.2, 0) is 11.3 Å². The van der Waals surface area contributed by atoms with Crippen molar-refractivity contribution in [3.63, 3.8) is 0 Å². The maximum absolute atomic E-state index is 12.8. The second-order valence-corrected chi connectivity index (χ2v) is 9.83. The number of rotatable bonds is 8. The van der Waals surface area contributed by atoms with Gasteiger partial charge in [-0.15, -0.1) is 0 Å². The molecular formula is C30H29N5O5. The average molecular weight is 540 g/mol. The number of carbonyl (C=O) groups is 2. The standard InChI is InChI=1S/C30H29N5O5/c31-15-6-16-32-29(36)22-11-12-25(27(19-22)35(38)39)28(21-7-2-1-3-8-21)33-17-13-24(14-18-33)34-26-10-5-4-9-23(26)20-40-30(34)37/h1-5,7-12,19,24,28H,6,13-14,16-18,20H2,(H,32,36). The number of hydrogen-bond acceptors (Lipinski definition) is 7. The minimum absolute atomic E-state index is 0.0592. The fourth-order valence-corrected chi connectivity index (χ4v) is 5.55. The summed E-state index contributed by atoms with van der Waals surface area (Å²) in [5.74, 6) is -0.462. The monoisotopic (exact) mass is 539 g/mol. The number of cyclic esters (lactones) is 1. The molecule has 1 N–H and O–H groups in total. The normalized spacial score (nSPS) is 16.4. The molecule has 0 radical (unpaired) electrons. The Labute approximate surface area is 231 Å². The van der Waals surface area contributed by atoms with Gasteiger partial charge in [-0.25, -0.2) is 4.79 Å². The molecule has 5 rings (SSSR count). The number of para-hydroxylation sites is 1. The SMILES string of the molecule is N#CCCNC(=O)c1ccc(C(c2ccccc2)N2CCC(N3C(=O)OCc4ccccc43)CC2)c([N+](=O)[O-])c1. The van der Waals surface area contributed by atoms with Gasteiger partial charge < -0.3 is 10.1 Å². The van der Waals surface area contributed by atoms with E-state index in [1.165, 1.54) is 6.07 Å². The molecule has 3 aromatic rings. The second-order valence-electron chi connectivity index (χ2n) is 9.83. The molecule has 40 heavy (non-hydrogen) atoms. The van der Waals surface area contributed by atoms with Crippen LogP contribution in [0.4, 0.5) is 16.2 Å². The predicted molar refractivity (Wildman–Crippen MR) is 148 cm³/mol. The summed E-state index contributed by atoms with van der Waals surface area (Å²) < 4.78 is 5.44. The van der Waals surface area contributed by atoms with Crippen LogP contribution in [0.2, 0.25) is 0 Å². The van der Waals surface area contributed by atoms with Gasteiger partial charge in [-0.05, 0) is 36.6 Å². The zero-order valence-electron chi connectivity index (χ0n) is 21.9. The lowest BCUT2D eigenvalue weighted by Gasteiger charge is -2.42. The zero-order valence-corrected chi connectivity index (χ0v) is 21.9. The molecule has 3 aromatic carbocycles. The van der Waals surface area contributed by atoms with Crippen LogP contribution in [0.3, 0.4) is 0 Å². The van der Waals surface area contributed by atoms with E-state index in [4.69, 9.17) is 10.00 Å². The highest BCUT2D eigenvalue weighted by molar-refractivity contribution is 5.95. The number of ether oxygens (including phenoxy) is 1. The molecule has 1 fully saturated rings. The minimum atomic E-state index is -0.462. The van der Waals surface area contributed by atoms with E-state index in [1.807, 2.05) is 60.7 Å². The fourth-order valence-electron chi connectivity index (χ4n) is 5.55. The maximum atomic E-state index is 12.8. The number of fused-ring (bicyclic) bond motifs is 1. The average Bonchev–Trinajstić information content (AvgIpc) is 2.98. The van der Waals surface area contributed by atoms with Gasteiger partial charge in [-0.1, -0.05) is 48.5 Å². The Hall–Kier alpha value is -4.75. The molecule has 1 atom stereocenters. The topological polar surface area (TPSA) is 129 Å². The molecule has 1 unspecified atom stereocenters. The van der Waals surface area contributed by atoms with Crippen LogP contribution in [0, 0.1) is 21.4 Å². The summed E-state index contributed by atoms with van der Waals surface area (Å²) in [5, 5.41) is 23.6. The number of nitro benzene ring substituents is 1. The van der Waals surface area contributed by atoms with Crippen molar-refractivity contribution in [3.05, 3.63) is 105 Å². The smallest absolute Gasteiger partial charge is 0.414 e. The summed E-state index contributed by atoms with van der Waals surface area (Å²) in [4.78, 5) is 41.1. The number of nitro groups is 1. The highest BCUT2D eigenvalue weighted by Crippen LogP contribution is 2.38. The van der Waals surface area contributed by atoms with Crippen molar-refractivity contribution in [1.29, 1.82) is 5.26 Å². The first-order valence-corrected chi connectivity index (χ1v) is 13.2. The van der Waals surface area contributed by atoms with Crippen LogP contribution < -0.4 is 10.2 Å². The van der Waals surface area contributed by atoms with Crippen molar-refractivity contribution in [1.82, 2.24) is 10.2 Å². The van der Waals surface area contributed by atoms with Gasteiger partial charge in [0.2, 0.25) is 0 Å². The van der Waals surface area contributed by atoms with Gasteiger partial charge in [0.25, 0.3) is 11.6 Å². The van der Waals surface area contributed by atoms with Gasteiger partial charge in [0.05, 0.1) is 34.7 Å². The third-order valence-corrected chi connectivity index (χ3v) is 7.45. The Morgan fingerprint density at radius 3 is 2.55 bits per heavy atom. The summed E-state index contributed by atoms with van der Waals surface area (Å²) in [7, 11) is 0. The summed E-state index contributed by atoms with van der Waals surface area (Å²) in [6, 6.07) is 23.4. The van der Waals surface area contributed by atoms with Crippen molar-refractivity contribution >= 4 is 23.4 Å². The van der Waals surface area contributed by atoms with Gasteiger partial charge in [0, 0.05) is 42.9 Å². The van der Waals surface area contributed by atoms with Crippen LogP contribution >= 0.6 is 0 Å². The van der Waals surface area contributed by atoms with Crippen molar-refractivity contribution in [2.24, 2.45) is 0 Å². The highest BCUT2D eigenvalue weighted by atomic mass is 16.6. The number of amides is 2. The molecule has 0 spiro atoms. The predicted octanol–water partition coefficient (Wildman–Crippen LogP) is 4.95. The van der Waals surface area contributed by atoms with Crippen molar-refractivity contribution in [2.45, 2.75) is 38.0 Å². The van der Waals surface area contributed by atoms with Crippen LogP contribution in [0.25, 0.3) is 0 Å². The van der Waals surface area contributed by atoms with Gasteiger partial charge in [0.1, 0.15) is 6.61 Å². The number of nitriles is 1. The lowest BCUT2D eigenvalue weighted by molar-refractivity contribution is -0.385. The minimum Gasteiger partial charge on any atom is -0.444 e. The van der Waals surface area contributed by atoms with Crippen LogP contribution in [0.15, 0.2) is 72.8 Å². The van der Waals surface area contributed by atoms with E-state index < -0.39 is 16.9 Å². The summed E-state index contributed by atoms with van der Waals surface area (Å²) in [5.41, 5.74) is 3.26. The molecule has 0 saturated carbocycles. The van der Waals surface area contributed by atoms with Gasteiger partial charge >= 0.3 is 6.09 Å². The van der Waals surface area contributed by atoms with Crippen molar-refractivity contribution in [2.75, 3.05) is 24.5 Å². The maximum Gasteiger partial charge on any atom is 0.414 e. The largest absolute Gasteiger partial charge is 0.444 e. The summed E-state index contributed by atoms with van der Waals surface area (Å²) in [6.07, 6.45) is 1.13. The number of hydrogen-bond donors (Lipinski definition) is 1. The molecular weight excluding hydrogens is 510 g/mol. The van der Waals surface area contributed by atoms with E-state index in [9.17, 15) is 19.7 Å². The second kappa shape index (κ2) is 12.0. The van der Waals surface area contributed by atoms with E-state index in [0.717, 1.165) is 16.8 Å². The third kappa shape index (κ3) is 5.51. The molecule has 10 nitrogen and oxygen atoms in total. The molecule has 0 aromatic heterocycles. The summed E-state index contributed by atoms with van der Waals surface area (Å²) >= 11 is 0. The van der Waals surface area contributed by atoms with E-state index in [1.54, 1.807) is 17.0 Å². The van der Waals surface area contributed by atoms with E-state index >= 15 is 0 Å². The molecule has 2 heterocycles. The highest BCUT2D eigenvalue weighted by Gasteiger charge is 2.37. The molecule has 0 bridgehead atoms. The van der Waals surface area contributed by atoms with Crippen LogP contribution in [0.1, 0.15) is 52.4 Å². The molecule has 204 valence electrons. The molecule has 2 amide bonds. The van der Waals surface area contributed by atoms with Crippen LogP contribution in [0.5, 0.6) is 0 Å². The first-order valence-electron chi connectivity index (χ1n) is 13.2. The fraction of sp³-hybridized carbons (Fsp3) is 0.300. The van der Waals surface area contributed by atoms with Gasteiger partial charge in [-0.2, -0.15) is 5.26 Å². The lowest BCUT2D eigenvalue weighted by Crippen LogP contribution is -2.50. The van der Waals surface area contributed by atoms with E-state index in [-0.39, 0.29) is 43.0 Å². The number of benzene rings is 3. The number of nitrogens with one attached hydrogen (secondary N) is 1. The summed E-state index contributed by atoms with van der Waals surface area (Å²) in [6.45, 7) is 1.63. The van der Waals surface area contributed by atoms with Gasteiger partial charge in [0.15, 0.2) is 0 Å². The Kier molecular flexibility index (Phi) is 8.03. The van der Waals surface area contributed by atoms with Crippen LogP contribution in [-0.4, -0.2) is 47.5 Å². The third-order valence-electron chi connectivity index (χ3n) is 7.45. The zero-order chi connectivity index (χ0) is 28.1. The van der Waals surface area contributed by atoms with Crippen molar-refractivity contribution < 1.29 is 19.2 Å². The molecule has 2 aliphatic heterocycles. The van der Waals surface area contributed by atoms with Gasteiger partial charge in [-0.3, -0.25) is 24.7 Å². The Bertz CT molecular complexity index is 1450. The number of likely N-dealkylation sites (tertiary alicyclic amines) is 1. The lowest BCUT2D eigenvalue weighted by atomic mass is 9.91. The molecule has 10 heteroatoms. The Morgan fingerprint density at radius 1 is 1.10 bits per heavy atom. The van der Waals surface area contributed by atoms with Crippen molar-refractivity contribution in [3.8, 4) is 6.07 Å². The molecule has 2 aliphatic rings. The molecule has 1 saturated heterocycles. The Morgan fingerprint density at radius 2 is 1.82 bits per heavy atom. The first-order chi connectivity index (χ1) is 19.5. The van der Waals surface area contributed by atoms with E-state index in [2.05, 4.69) is 10.2 Å². The first kappa shape index (κ1) is 26.8. The number of carbonyl (C=O) groups excluding carboxylic acids is 2. The Balaban J connectivity index is 1.42. The van der Waals surface area contributed by atoms with E-state index in [0.29, 0.717) is 31.5 Å². The number of nitrogens with zero attached hydrogens (tertiary/aromatic N) is 4. The quantitative estimate of drug-likeness (QED) is 0.244.